The number of anilines is 1. The predicted octanol–water partition coefficient (Wildman–Crippen LogP) is -2.56. The van der Waals surface area contributed by atoms with Crippen molar-refractivity contribution in [2.75, 3.05) is 25.5 Å². The summed E-state index contributed by atoms with van der Waals surface area (Å²) in [6, 6.07) is -1.52. The minimum Gasteiger partial charge on any atom is -0.481 e. The molecule has 0 unspecified atom stereocenters. The molecular formula is C17H27N8O9P. The number of aliphatic hydroxyl groups is 2. The van der Waals surface area contributed by atoms with Crippen LogP contribution in [0.5, 0.6) is 0 Å². The Morgan fingerprint density at radius 2 is 2.00 bits per heavy atom. The van der Waals surface area contributed by atoms with Gasteiger partial charge in [0, 0.05) is 0 Å². The van der Waals surface area contributed by atoms with Crippen LogP contribution in [0.1, 0.15) is 19.1 Å². The summed E-state index contributed by atoms with van der Waals surface area (Å²) in [6.07, 6.45) is -3.30. The molecule has 10 N–H and O–H groups in total. The first-order chi connectivity index (χ1) is 16.6. The summed E-state index contributed by atoms with van der Waals surface area (Å²) >= 11 is 0. The van der Waals surface area contributed by atoms with E-state index < -0.39 is 63.2 Å². The molecule has 35 heavy (non-hydrogen) atoms. The first-order valence-corrected chi connectivity index (χ1v) is 11.9. The molecule has 17 nitrogen and oxygen atoms in total. The number of carboxylic acids is 1. The Balaban J connectivity index is 1.71. The van der Waals surface area contributed by atoms with E-state index in [9.17, 15) is 24.4 Å². The molecular weight excluding hydrogens is 491 g/mol. The van der Waals surface area contributed by atoms with E-state index in [1.54, 1.807) is 0 Å². The van der Waals surface area contributed by atoms with Gasteiger partial charge in [0.1, 0.15) is 30.2 Å². The summed E-state index contributed by atoms with van der Waals surface area (Å²) in [6.45, 7) is -0.561. The summed E-state index contributed by atoms with van der Waals surface area (Å²) in [5, 5.41) is 31.8. The van der Waals surface area contributed by atoms with E-state index in [1.165, 1.54) is 17.2 Å². The van der Waals surface area contributed by atoms with Crippen LogP contribution in [-0.4, -0.2) is 90.8 Å². The fourth-order valence-electron chi connectivity index (χ4n) is 3.19. The van der Waals surface area contributed by atoms with Crippen LogP contribution in [0.25, 0.3) is 11.2 Å². The first kappa shape index (κ1) is 26.8. The van der Waals surface area contributed by atoms with Crippen LogP contribution in [0, 0.1) is 0 Å². The Morgan fingerprint density at radius 1 is 1.26 bits per heavy atom. The lowest BCUT2D eigenvalue weighted by molar-refractivity contribution is -0.139. The number of aliphatic hydroxyl groups excluding tert-OH is 2. The average Bonchev–Trinajstić information content (AvgIpc) is 3.34. The Hall–Kier alpha value is -2.76. The number of nitrogens with two attached hydrogens (primary N) is 3. The molecule has 6 atom stereocenters. The number of imidazole rings is 1. The molecule has 1 amide bonds. The van der Waals surface area contributed by atoms with Crippen LogP contribution < -0.4 is 22.3 Å². The fourth-order valence-corrected chi connectivity index (χ4v) is 4.55. The van der Waals surface area contributed by atoms with E-state index >= 15 is 0 Å². The van der Waals surface area contributed by atoms with Crippen molar-refractivity contribution in [2.45, 2.75) is 43.4 Å². The van der Waals surface area contributed by atoms with E-state index in [4.69, 9.17) is 36.1 Å². The Labute approximate surface area is 198 Å². The van der Waals surface area contributed by atoms with Gasteiger partial charge in [-0.25, -0.2) is 19.5 Å². The molecule has 1 aliphatic heterocycles. The molecule has 2 aromatic rings. The number of hydrogen-bond acceptors (Lipinski definition) is 14. The van der Waals surface area contributed by atoms with Crippen molar-refractivity contribution in [3.05, 3.63) is 12.7 Å². The minimum atomic E-state index is -4.38. The van der Waals surface area contributed by atoms with Crippen molar-refractivity contribution >= 4 is 36.6 Å². The van der Waals surface area contributed by atoms with Gasteiger partial charge in [-0.15, -0.1) is 0 Å². The van der Waals surface area contributed by atoms with Crippen LogP contribution >= 0.6 is 7.75 Å². The molecule has 3 heterocycles. The molecule has 3 rings (SSSR count). The topological polar surface area (TPSA) is 273 Å². The van der Waals surface area contributed by atoms with Crippen molar-refractivity contribution < 1.29 is 43.3 Å². The molecule has 0 aliphatic carbocycles. The Kier molecular flexibility index (Phi) is 8.68. The second-order valence-electron chi connectivity index (χ2n) is 7.58. The zero-order valence-corrected chi connectivity index (χ0v) is 19.2. The maximum absolute atomic E-state index is 13.1. The molecule has 0 bridgehead atoms. The van der Waals surface area contributed by atoms with E-state index in [-0.39, 0.29) is 36.6 Å². The number of fused-ring (bicyclic) bond motifs is 1. The molecule has 0 saturated carbocycles. The number of ether oxygens (including phenoxy) is 1. The maximum atomic E-state index is 13.1. The van der Waals surface area contributed by atoms with Crippen molar-refractivity contribution in [1.82, 2.24) is 24.6 Å². The lowest BCUT2D eigenvalue weighted by atomic mass is 10.1. The lowest BCUT2D eigenvalue weighted by Crippen LogP contribution is -2.41. The highest BCUT2D eigenvalue weighted by Crippen LogP contribution is 2.45. The monoisotopic (exact) mass is 518 g/mol. The van der Waals surface area contributed by atoms with Gasteiger partial charge in [0.2, 0.25) is 5.91 Å². The van der Waals surface area contributed by atoms with Crippen molar-refractivity contribution in [1.29, 1.82) is 0 Å². The van der Waals surface area contributed by atoms with Gasteiger partial charge in [-0.1, -0.05) is 0 Å². The predicted molar refractivity (Wildman–Crippen MR) is 117 cm³/mol. The number of rotatable bonds is 12. The Bertz CT molecular complexity index is 1100. The van der Waals surface area contributed by atoms with Gasteiger partial charge in [0.15, 0.2) is 17.7 Å². The quantitative estimate of drug-likeness (QED) is 0.112. The first-order valence-electron chi connectivity index (χ1n) is 10.4. The van der Waals surface area contributed by atoms with E-state index in [0.29, 0.717) is 0 Å². The summed E-state index contributed by atoms with van der Waals surface area (Å²) in [7, 11) is -4.38. The minimum absolute atomic E-state index is 0.106. The highest BCUT2D eigenvalue weighted by atomic mass is 31.2. The number of aromatic nitrogens is 4. The van der Waals surface area contributed by atoms with E-state index in [0.717, 1.165) is 0 Å². The summed E-state index contributed by atoms with van der Waals surface area (Å²) in [5.41, 5.74) is 17.2. The molecule has 0 radical (unpaired) electrons. The van der Waals surface area contributed by atoms with Gasteiger partial charge >= 0.3 is 13.7 Å². The van der Waals surface area contributed by atoms with Gasteiger partial charge in [-0.2, -0.15) is 0 Å². The number of carbonyl (C=O) groups is 2. The number of hydrogen-bond donors (Lipinski definition) is 7. The SMILES string of the molecule is NCCCO[P@](=O)(NC(=O)[C@@H](N)CC(=O)O)OC[C@H]1O[C@@H](n2cnc3c(N)ncnc32)[C@H](O)[C@@H]1O. The van der Waals surface area contributed by atoms with Crippen molar-refractivity contribution in [3.8, 4) is 0 Å². The maximum Gasteiger partial charge on any atom is 0.435 e. The summed E-state index contributed by atoms with van der Waals surface area (Å²) in [5.74, 6) is -2.32. The molecule has 0 aromatic carbocycles. The third kappa shape index (κ3) is 6.28. The summed E-state index contributed by atoms with van der Waals surface area (Å²) in [4.78, 5) is 34.9. The van der Waals surface area contributed by atoms with Crippen LogP contribution in [-0.2, 0) is 27.9 Å². The number of carboxylic acid groups (broad SMARTS) is 1. The third-order valence-electron chi connectivity index (χ3n) is 5.00. The highest BCUT2D eigenvalue weighted by Gasteiger charge is 2.45. The highest BCUT2D eigenvalue weighted by molar-refractivity contribution is 7.52. The van der Waals surface area contributed by atoms with Crippen molar-refractivity contribution in [2.24, 2.45) is 11.5 Å². The molecule has 1 fully saturated rings. The van der Waals surface area contributed by atoms with E-state index in [2.05, 4.69) is 15.0 Å². The van der Waals surface area contributed by atoms with Gasteiger partial charge in [0.25, 0.3) is 0 Å². The number of carbonyl (C=O) groups excluding carboxylic acids is 1. The van der Waals surface area contributed by atoms with Gasteiger partial charge in [0.05, 0.1) is 32.0 Å². The van der Waals surface area contributed by atoms with Crippen LogP contribution in [0.2, 0.25) is 0 Å². The molecule has 18 heteroatoms. The van der Waals surface area contributed by atoms with Gasteiger partial charge < -0.3 is 37.3 Å². The zero-order chi connectivity index (χ0) is 25.8. The summed E-state index contributed by atoms with van der Waals surface area (Å²) < 4.78 is 30.5. The second kappa shape index (κ2) is 11.3. The third-order valence-corrected chi connectivity index (χ3v) is 6.50. The molecule has 194 valence electrons. The normalized spacial score (nSPS) is 24.8. The molecule has 1 aliphatic rings. The molecule has 1 saturated heterocycles. The molecule has 2 aromatic heterocycles. The van der Waals surface area contributed by atoms with Gasteiger partial charge in [-0.05, 0) is 13.0 Å². The number of amides is 1. The van der Waals surface area contributed by atoms with Crippen LogP contribution in [0.15, 0.2) is 12.7 Å². The average molecular weight is 518 g/mol. The molecule has 0 spiro atoms. The van der Waals surface area contributed by atoms with Gasteiger partial charge in [-0.3, -0.25) is 28.3 Å². The number of aliphatic carboxylic acids is 1. The Morgan fingerprint density at radius 3 is 2.69 bits per heavy atom. The second-order valence-corrected chi connectivity index (χ2v) is 9.31. The van der Waals surface area contributed by atoms with E-state index in [1.807, 2.05) is 5.09 Å². The largest absolute Gasteiger partial charge is 0.481 e. The lowest BCUT2D eigenvalue weighted by Gasteiger charge is -2.23. The zero-order valence-electron chi connectivity index (χ0n) is 18.3. The standard InChI is InChI=1S/C17H27N8O9P/c18-2-1-3-32-35(31,24-16(30)8(19)4-10(26)27)33-5-9-12(28)13(29)17(34-9)25-7-23-11-14(20)21-6-22-15(11)25/h6-9,12-13,17,28-29H,1-5,18-19H2,(H,26,27)(H2,20,21,22)(H,24,30,31)/t8-,9+,12+,13+,17+,35+/m0/s1. The van der Waals surface area contributed by atoms with Crippen molar-refractivity contribution in [3.63, 3.8) is 0 Å². The smallest absolute Gasteiger partial charge is 0.435 e. The fraction of sp³-hybridized carbons (Fsp3) is 0.588. The number of nitrogen functional groups attached to an aromatic ring is 1. The van der Waals surface area contributed by atoms with Crippen LogP contribution in [0.3, 0.4) is 0 Å². The van der Waals surface area contributed by atoms with Crippen LogP contribution in [0.4, 0.5) is 5.82 Å². The number of nitrogens with one attached hydrogen (secondary N) is 1. The number of nitrogens with zero attached hydrogens (tertiary/aromatic N) is 4.